The molecular weight excluding hydrogens is 464 g/mol. The fourth-order valence-corrected chi connectivity index (χ4v) is 3.93. The second-order valence-corrected chi connectivity index (χ2v) is 8.21. The number of halogens is 2. The minimum absolute atomic E-state index is 0.0177. The number of alkyl halides is 2. The van der Waals surface area contributed by atoms with E-state index in [4.69, 9.17) is 14.4 Å². The summed E-state index contributed by atoms with van der Waals surface area (Å²) in [5.74, 6) is -0.576. The summed E-state index contributed by atoms with van der Waals surface area (Å²) in [5.41, 5.74) is 0.439. The van der Waals surface area contributed by atoms with Crippen LogP contribution in [0.4, 0.5) is 14.5 Å². The Hall–Kier alpha value is -3.86. The van der Waals surface area contributed by atoms with Gasteiger partial charge in [0.2, 0.25) is 11.7 Å². The number of fused-ring (bicyclic) bond motifs is 1. The molecule has 9 nitrogen and oxygen atoms in total. The third-order valence-electron chi connectivity index (χ3n) is 5.83. The Labute approximate surface area is 199 Å². The Kier molecular flexibility index (Phi) is 6.28. The summed E-state index contributed by atoms with van der Waals surface area (Å²) in [5, 5.41) is 15.1. The summed E-state index contributed by atoms with van der Waals surface area (Å²) in [4.78, 5) is 28.4. The van der Waals surface area contributed by atoms with Crippen molar-refractivity contribution in [1.29, 1.82) is 0 Å². The lowest BCUT2D eigenvalue weighted by molar-refractivity contribution is -0.327. The van der Waals surface area contributed by atoms with Gasteiger partial charge in [0.1, 0.15) is 17.1 Å². The molecule has 184 valence electrons. The van der Waals surface area contributed by atoms with Crippen LogP contribution in [0.3, 0.4) is 0 Å². The SMILES string of the molecule is CCC1(CC)CC(=O)c2cc(-c3nc(-c4ccc(NC(C)=O)cc4OC(O)(F)F)no3)ccc2O1. The molecule has 0 bridgehead atoms. The number of anilines is 1. The van der Waals surface area contributed by atoms with Gasteiger partial charge in [0.25, 0.3) is 5.89 Å². The number of amides is 1. The molecule has 0 atom stereocenters. The Morgan fingerprint density at radius 3 is 2.60 bits per heavy atom. The number of hydrogen-bond donors (Lipinski definition) is 2. The number of nitrogens with one attached hydrogen (secondary N) is 1. The van der Waals surface area contributed by atoms with Crippen molar-refractivity contribution in [3.05, 3.63) is 42.0 Å². The molecule has 1 aromatic heterocycles. The summed E-state index contributed by atoms with van der Waals surface area (Å²) in [7, 11) is 0. The van der Waals surface area contributed by atoms with Gasteiger partial charge in [-0.3, -0.25) is 9.59 Å². The maximum atomic E-state index is 13.2. The van der Waals surface area contributed by atoms with Gasteiger partial charge >= 0.3 is 6.29 Å². The molecule has 0 fully saturated rings. The highest BCUT2D eigenvalue weighted by molar-refractivity contribution is 6.01. The molecule has 3 aromatic rings. The molecular formula is C24H23F2N3O6. The van der Waals surface area contributed by atoms with Crippen molar-refractivity contribution in [3.63, 3.8) is 0 Å². The van der Waals surface area contributed by atoms with E-state index in [1.165, 1.54) is 19.1 Å². The average Bonchev–Trinajstić information content (AvgIpc) is 3.27. The summed E-state index contributed by atoms with van der Waals surface area (Å²) in [6.45, 7) is 5.20. The summed E-state index contributed by atoms with van der Waals surface area (Å²) >= 11 is 0. The first-order valence-electron chi connectivity index (χ1n) is 10.9. The normalized spacial score (nSPS) is 14.7. The van der Waals surface area contributed by atoms with Crippen LogP contribution in [-0.4, -0.2) is 38.8 Å². The van der Waals surface area contributed by atoms with E-state index in [9.17, 15) is 18.4 Å². The molecule has 0 spiro atoms. The van der Waals surface area contributed by atoms with Gasteiger partial charge < -0.3 is 24.4 Å². The zero-order valence-electron chi connectivity index (χ0n) is 19.2. The first-order chi connectivity index (χ1) is 16.5. The molecule has 0 unspecified atom stereocenters. The van der Waals surface area contributed by atoms with Crippen molar-refractivity contribution < 1.29 is 37.5 Å². The molecule has 35 heavy (non-hydrogen) atoms. The van der Waals surface area contributed by atoms with Crippen LogP contribution in [0.15, 0.2) is 40.9 Å². The molecule has 1 aliphatic heterocycles. The molecule has 1 aliphatic rings. The summed E-state index contributed by atoms with van der Waals surface area (Å²) in [6.07, 6.45) is -2.84. The van der Waals surface area contributed by atoms with Crippen LogP contribution in [0.1, 0.15) is 50.4 Å². The monoisotopic (exact) mass is 487 g/mol. The Morgan fingerprint density at radius 1 is 1.20 bits per heavy atom. The smallest absolute Gasteiger partial charge is 0.486 e. The molecule has 4 rings (SSSR count). The number of carbonyl (C=O) groups is 2. The van der Waals surface area contributed by atoms with Crippen LogP contribution >= 0.6 is 0 Å². The second-order valence-electron chi connectivity index (χ2n) is 8.21. The van der Waals surface area contributed by atoms with E-state index < -0.39 is 23.6 Å². The number of carbonyl (C=O) groups excluding carboxylic acids is 2. The standard InChI is InChI=1S/C24H23F2N3O6/c1-4-23(5-2)12-18(31)17-10-14(6-9-19(17)33-23)22-28-21(29-35-22)16-8-7-15(27-13(3)30)11-20(16)34-24(25,26)32/h6-11,32H,4-5,12H2,1-3H3,(H,27,30). The number of aliphatic hydroxyl groups is 1. The van der Waals surface area contributed by atoms with Gasteiger partial charge in [-0.2, -0.15) is 4.98 Å². The number of hydrogen-bond acceptors (Lipinski definition) is 8. The van der Waals surface area contributed by atoms with E-state index in [1.54, 1.807) is 18.2 Å². The fraction of sp³-hybridized carbons (Fsp3) is 0.333. The lowest BCUT2D eigenvalue weighted by Gasteiger charge is -2.36. The molecule has 11 heteroatoms. The number of rotatable bonds is 7. The van der Waals surface area contributed by atoms with Gasteiger partial charge in [-0.05, 0) is 43.2 Å². The predicted molar refractivity (Wildman–Crippen MR) is 120 cm³/mol. The molecule has 0 aliphatic carbocycles. The van der Waals surface area contributed by atoms with Gasteiger partial charge in [-0.15, -0.1) is 8.78 Å². The van der Waals surface area contributed by atoms with E-state index in [-0.39, 0.29) is 35.2 Å². The van der Waals surface area contributed by atoms with Gasteiger partial charge in [0.05, 0.1) is 17.5 Å². The molecule has 2 aromatic carbocycles. The van der Waals surface area contributed by atoms with Crippen LogP contribution in [0.2, 0.25) is 0 Å². The lowest BCUT2D eigenvalue weighted by Crippen LogP contribution is -2.40. The van der Waals surface area contributed by atoms with Gasteiger partial charge in [0, 0.05) is 24.2 Å². The summed E-state index contributed by atoms with van der Waals surface area (Å²) < 4.78 is 42.2. The molecule has 2 N–H and O–H groups in total. The van der Waals surface area contributed by atoms with Crippen molar-refractivity contribution in [3.8, 4) is 34.3 Å². The molecule has 1 amide bonds. The molecule has 0 saturated carbocycles. The van der Waals surface area contributed by atoms with Crippen molar-refractivity contribution in [2.24, 2.45) is 0 Å². The maximum Gasteiger partial charge on any atom is 0.532 e. The number of Topliss-reactive ketones (excluding diaryl/α,β-unsaturated/α-hetero) is 1. The maximum absolute atomic E-state index is 13.2. The molecule has 2 heterocycles. The van der Waals surface area contributed by atoms with E-state index in [0.29, 0.717) is 29.7 Å². The van der Waals surface area contributed by atoms with Crippen LogP contribution in [0, 0.1) is 0 Å². The fourth-order valence-electron chi connectivity index (χ4n) is 3.93. The minimum atomic E-state index is -4.48. The largest absolute Gasteiger partial charge is 0.532 e. The van der Waals surface area contributed by atoms with Crippen LogP contribution in [-0.2, 0) is 4.79 Å². The van der Waals surface area contributed by atoms with Crippen molar-refractivity contribution >= 4 is 17.4 Å². The highest BCUT2D eigenvalue weighted by Gasteiger charge is 2.38. The van der Waals surface area contributed by atoms with E-state index in [0.717, 1.165) is 6.07 Å². The number of ketones is 1. The van der Waals surface area contributed by atoms with Crippen molar-refractivity contribution in [2.75, 3.05) is 5.32 Å². The van der Waals surface area contributed by atoms with Crippen LogP contribution in [0.25, 0.3) is 22.8 Å². The second kappa shape index (κ2) is 9.06. The zero-order valence-corrected chi connectivity index (χ0v) is 19.2. The van der Waals surface area contributed by atoms with E-state index >= 15 is 0 Å². The number of ether oxygens (including phenoxy) is 2. The van der Waals surface area contributed by atoms with Gasteiger partial charge in [-0.1, -0.05) is 19.0 Å². The third-order valence-corrected chi connectivity index (χ3v) is 5.83. The van der Waals surface area contributed by atoms with E-state index in [1.807, 2.05) is 13.8 Å². The lowest BCUT2D eigenvalue weighted by atomic mass is 9.85. The Bertz CT molecular complexity index is 1280. The van der Waals surface area contributed by atoms with Gasteiger partial charge in [-0.25, -0.2) is 0 Å². The first-order valence-corrected chi connectivity index (χ1v) is 10.9. The number of nitrogens with zero attached hydrogens (tertiary/aromatic N) is 2. The number of benzene rings is 2. The van der Waals surface area contributed by atoms with Crippen LogP contribution < -0.4 is 14.8 Å². The van der Waals surface area contributed by atoms with Crippen molar-refractivity contribution in [1.82, 2.24) is 10.1 Å². The van der Waals surface area contributed by atoms with Crippen LogP contribution in [0.5, 0.6) is 11.5 Å². The third kappa shape index (κ3) is 5.14. The number of aromatic nitrogens is 2. The quantitative estimate of drug-likeness (QED) is 0.455. The van der Waals surface area contributed by atoms with E-state index in [2.05, 4.69) is 20.2 Å². The first kappa shape index (κ1) is 24.3. The average molecular weight is 487 g/mol. The molecule has 0 radical (unpaired) electrons. The zero-order chi connectivity index (χ0) is 25.4. The highest BCUT2D eigenvalue weighted by Crippen LogP contribution is 2.39. The topological polar surface area (TPSA) is 124 Å². The highest BCUT2D eigenvalue weighted by atomic mass is 19.3. The predicted octanol–water partition coefficient (Wildman–Crippen LogP) is 4.81. The Balaban J connectivity index is 1.68. The van der Waals surface area contributed by atoms with Gasteiger partial charge in [0.15, 0.2) is 5.78 Å². The summed E-state index contributed by atoms with van der Waals surface area (Å²) in [6, 6.07) is 8.76. The Morgan fingerprint density at radius 2 is 1.94 bits per heavy atom. The molecule has 0 saturated heterocycles. The van der Waals surface area contributed by atoms with Crippen molar-refractivity contribution in [2.45, 2.75) is 51.9 Å². The minimum Gasteiger partial charge on any atom is -0.486 e.